The van der Waals surface area contributed by atoms with Gasteiger partial charge in [0.25, 0.3) is 0 Å². The lowest BCUT2D eigenvalue weighted by atomic mass is 9.81. The molecule has 1 aliphatic rings. The van der Waals surface area contributed by atoms with Crippen LogP contribution in [0.25, 0.3) is 0 Å². The summed E-state index contributed by atoms with van der Waals surface area (Å²) in [5.74, 6) is 0.790. The van der Waals surface area contributed by atoms with Crippen molar-refractivity contribution in [2.75, 3.05) is 6.54 Å². The normalized spacial score (nSPS) is 24.4. The SMILES string of the molecule is CCC(C)(C)CNC1CCC(c2ccccc2)CC1. The van der Waals surface area contributed by atoms with Gasteiger partial charge in [0.05, 0.1) is 0 Å². The highest BCUT2D eigenvalue weighted by molar-refractivity contribution is 5.20. The van der Waals surface area contributed by atoms with Gasteiger partial charge >= 0.3 is 0 Å². The molecular formula is C18H29N. The number of nitrogens with one attached hydrogen (secondary N) is 1. The number of hydrogen-bond acceptors (Lipinski definition) is 1. The molecule has 106 valence electrons. The van der Waals surface area contributed by atoms with Crippen molar-refractivity contribution >= 4 is 0 Å². The summed E-state index contributed by atoms with van der Waals surface area (Å²) in [7, 11) is 0. The molecule has 0 amide bonds. The topological polar surface area (TPSA) is 12.0 Å². The van der Waals surface area contributed by atoms with E-state index in [1.165, 1.54) is 37.7 Å². The summed E-state index contributed by atoms with van der Waals surface area (Å²) in [6, 6.07) is 11.8. The minimum Gasteiger partial charge on any atom is -0.313 e. The summed E-state index contributed by atoms with van der Waals surface area (Å²) in [5, 5.41) is 3.78. The Bertz CT molecular complexity index is 361. The molecule has 0 bridgehead atoms. The maximum absolute atomic E-state index is 3.78. The van der Waals surface area contributed by atoms with Crippen LogP contribution in [-0.4, -0.2) is 12.6 Å². The highest BCUT2D eigenvalue weighted by Gasteiger charge is 2.23. The third-order valence-corrected chi connectivity index (χ3v) is 4.82. The Morgan fingerprint density at radius 3 is 2.26 bits per heavy atom. The molecule has 1 aromatic carbocycles. The first-order valence-corrected chi connectivity index (χ1v) is 7.89. The van der Waals surface area contributed by atoms with Gasteiger partial charge in [-0.25, -0.2) is 0 Å². The van der Waals surface area contributed by atoms with Crippen LogP contribution in [0.1, 0.15) is 64.4 Å². The zero-order valence-electron chi connectivity index (χ0n) is 12.8. The average molecular weight is 259 g/mol. The van der Waals surface area contributed by atoms with E-state index in [0.717, 1.165) is 18.5 Å². The van der Waals surface area contributed by atoms with Crippen molar-refractivity contribution < 1.29 is 0 Å². The van der Waals surface area contributed by atoms with Crippen molar-refractivity contribution in [1.82, 2.24) is 5.32 Å². The fourth-order valence-corrected chi connectivity index (χ4v) is 2.90. The summed E-state index contributed by atoms with van der Waals surface area (Å²) in [6.07, 6.45) is 6.60. The first-order chi connectivity index (χ1) is 9.11. The van der Waals surface area contributed by atoms with E-state index in [4.69, 9.17) is 0 Å². The van der Waals surface area contributed by atoms with Gasteiger partial charge in [0.2, 0.25) is 0 Å². The Balaban J connectivity index is 1.77. The van der Waals surface area contributed by atoms with Gasteiger partial charge in [0, 0.05) is 12.6 Å². The second-order valence-corrected chi connectivity index (χ2v) is 6.86. The maximum Gasteiger partial charge on any atom is 0.00677 e. The Kier molecular flexibility index (Phi) is 5.04. The minimum atomic E-state index is 0.441. The van der Waals surface area contributed by atoms with Gasteiger partial charge < -0.3 is 5.32 Å². The molecule has 1 heteroatoms. The molecule has 1 nitrogen and oxygen atoms in total. The minimum absolute atomic E-state index is 0.441. The standard InChI is InChI=1S/C18H29N/c1-4-18(2,3)14-19-17-12-10-16(11-13-17)15-8-6-5-7-9-15/h5-9,16-17,19H,4,10-14H2,1-3H3. The van der Waals surface area contributed by atoms with E-state index in [-0.39, 0.29) is 0 Å². The number of hydrogen-bond donors (Lipinski definition) is 1. The monoisotopic (exact) mass is 259 g/mol. The lowest BCUT2D eigenvalue weighted by Gasteiger charge is -2.32. The molecule has 0 atom stereocenters. The van der Waals surface area contributed by atoms with Crippen molar-refractivity contribution in [1.29, 1.82) is 0 Å². The molecule has 1 aromatic rings. The van der Waals surface area contributed by atoms with Gasteiger partial charge in [-0.15, -0.1) is 0 Å². The molecule has 1 fully saturated rings. The van der Waals surface area contributed by atoms with Crippen LogP contribution in [0.5, 0.6) is 0 Å². The van der Waals surface area contributed by atoms with Gasteiger partial charge in [0.1, 0.15) is 0 Å². The van der Waals surface area contributed by atoms with Crippen molar-refractivity contribution in [2.24, 2.45) is 5.41 Å². The zero-order chi connectivity index (χ0) is 13.7. The van der Waals surface area contributed by atoms with E-state index in [0.29, 0.717) is 5.41 Å². The predicted molar refractivity (Wildman–Crippen MR) is 83.5 cm³/mol. The molecule has 0 heterocycles. The molecule has 0 saturated heterocycles. The van der Waals surface area contributed by atoms with Crippen LogP contribution in [-0.2, 0) is 0 Å². The van der Waals surface area contributed by atoms with E-state index >= 15 is 0 Å². The molecule has 1 saturated carbocycles. The highest BCUT2D eigenvalue weighted by atomic mass is 14.9. The first kappa shape index (κ1) is 14.6. The Morgan fingerprint density at radius 2 is 1.68 bits per heavy atom. The second-order valence-electron chi connectivity index (χ2n) is 6.86. The Hall–Kier alpha value is -0.820. The van der Waals surface area contributed by atoms with Crippen LogP contribution in [0.15, 0.2) is 30.3 Å². The van der Waals surface area contributed by atoms with Crippen molar-refractivity contribution in [3.05, 3.63) is 35.9 Å². The van der Waals surface area contributed by atoms with E-state index < -0.39 is 0 Å². The van der Waals surface area contributed by atoms with Gasteiger partial charge in [-0.05, 0) is 49.0 Å². The summed E-state index contributed by atoms with van der Waals surface area (Å²) in [6.45, 7) is 8.16. The molecule has 19 heavy (non-hydrogen) atoms. The Labute approximate surface area is 118 Å². The van der Waals surface area contributed by atoms with E-state index in [9.17, 15) is 0 Å². The lowest BCUT2D eigenvalue weighted by molar-refractivity contribution is 0.272. The third kappa shape index (κ3) is 4.35. The van der Waals surface area contributed by atoms with Crippen LogP contribution >= 0.6 is 0 Å². The number of benzene rings is 1. The van der Waals surface area contributed by atoms with Crippen LogP contribution < -0.4 is 5.32 Å². The molecular weight excluding hydrogens is 230 g/mol. The molecule has 2 rings (SSSR count). The van der Waals surface area contributed by atoms with E-state index in [1.54, 1.807) is 0 Å². The molecule has 1 N–H and O–H groups in total. The molecule has 0 aliphatic heterocycles. The maximum atomic E-state index is 3.78. The van der Waals surface area contributed by atoms with Crippen molar-refractivity contribution in [3.63, 3.8) is 0 Å². The van der Waals surface area contributed by atoms with E-state index in [2.05, 4.69) is 56.4 Å². The molecule has 0 radical (unpaired) electrons. The summed E-state index contributed by atoms with van der Waals surface area (Å²) >= 11 is 0. The molecule has 0 spiro atoms. The highest BCUT2D eigenvalue weighted by Crippen LogP contribution is 2.33. The molecule has 1 aliphatic carbocycles. The summed E-state index contributed by atoms with van der Waals surface area (Å²) < 4.78 is 0. The molecule has 0 unspecified atom stereocenters. The molecule has 0 aromatic heterocycles. The van der Waals surface area contributed by atoms with Crippen molar-refractivity contribution in [3.8, 4) is 0 Å². The fourth-order valence-electron chi connectivity index (χ4n) is 2.90. The quantitative estimate of drug-likeness (QED) is 0.805. The van der Waals surface area contributed by atoms with Gasteiger partial charge in [-0.1, -0.05) is 51.1 Å². The van der Waals surface area contributed by atoms with Crippen molar-refractivity contribution in [2.45, 2.75) is 64.8 Å². The largest absolute Gasteiger partial charge is 0.313 e. The second kappa shape index (κ2) is 6.56. The van der Waals surface area contributed by atoms with Crippen LogP contribution in [0.2, 0.25) is 0 Å². The number of rotatable bonds is 5. The van der Waals surface area contributed by atoms with Crippen LogP contribution in [0, 0.1) is 5.41 Å². The zero-order valence-corrected chi connectivity index (χ0v) is 12.8. The summed E-state index contributed by atoms with van der Waals surface area (Å²) in [4.78, 5) is 0. The third-order valence-electron chi connectivity index (χ3n) is 4.82. The predicted octanol–water partition coefficient (Wildman–Crippen LogP) is 4.74. The lowest BCUT2D eigenvalue weighted by Crippen LogP contribution is -2.38. The Morgan fingerprint density at radius 1 is 1.05 bits per heavy atom. The van der Waals surface area contributed by atoms with Gasteiger partial charge in [-0.3, -0.25) is 0 Å². The smallest absolute Gasteiger partial charge is 0.00677 e. The first-order valence-electron chi connectivity index (χ1n) is 7.89. The van der Waals surface area contributed by atoms with Crippen LogP contribution in [0.3, 0.4) is 0 Å². The van der Waals surface area contributed by atoms with Gasteiger partial charge in [-0.2, -0.15) is 0 Å². The van der Waals surface area contributed by atoms with E-state index in [1.807, 2.05) is 0 Å². The fraction of sp³-hybridized carbons (Fsp3) is 0.667. The average Bonchev–Trinajstić information content (AvgIpc) is 2.47. The summed E-state index contributed by atoms with van der Waals surface area (Å²) in [5.41, 5.74) is 1.98. The van der Waals surface area contributed by atoms with Crippen LogP contribution in [0.4, 0.5) is 0 Å². The van der Waals surface area contributed by atoms with Gasteiger partial charge in [0.15, 0.2) is 0 Å².